The van der Waals surface area contributed by atoms with Gasteiger partial charge in [-0.05, 0) is 67.6 Å². The van der Waals surface area contributed by atoms with E-state index in [-0.39, 0.29) is 41.8 Å². The first kappa shape index (κ1) is 41.0. The van der Waals surface area contributed by atoms with Crippen LogP contribution in [0.2, 0.25) is 0 Å². The van der Waals surface area contributed by atoms with Crippen molar-refractivity contribution in [1.82, 2.24) is 36.1 Å². The Kier molecular flexibility index (Phi) is 14.4. The second-order valence-corrected chi connectivity index (χ2v) is 16.7. The molecule has 4 aliphatic rings. The minimum atomic E-state index is -1.02. The number of amides is 5. The van der Waals surface area contributed by atoms with Gasteiger partial charge in [0.15, 0.2) is 0 Å². The first-order valence-corrected chi connectivity index (χ1v) is 20.3. The van der Waals surface area contributed by atoms with E-state index in [1.54, 1.807) is 4.90 Å². The molecular formula is C41H61N7O6. The van der Waals surface area contributed by atoms with Crippen LogP contribution in [0.3, 0.4) is 0 Å². The highest BCUT2D eigenvalue weighted by atomic mass is 16.2. The lowest BCUT2D eigenvalue weighted by atomic mass is 9.69. The molecule has 1 aliphatic heterocycles. The average Bonchev–Trinajstić information content (AvgIpc) is 3.62. The van der Waals surface area contributed by atoms with Crippen molar-refractivity contribution in [3.05, 3.63) is 36.9 Å². The van der Waals surface area contributed by atoms with E-state index in [9.17, 15) is 24.0 Å². The number of nitrogens with one attached hydrogen (secondary N) is 4. The van der Waals surface area contributed by atoms with Crippen LogP contribution in [0, 0.1) is 29.1 Å². The van der Waals surface area contributed by atoms with E-state index in [0.29, 0.717) is 19.4 Å². The van der Waals surface area contributed by atoms with Gasteiger partial charge in [0.05, 0.1) is 12.2 Å². The van der Waals surface area contributed by atoms with E-state index >= 15 is 4.79 Å². The normalized spacial score (nSPS) is 23.3. The topological polar surface area (TPSA) is 180 Å². The summed E-state index contributed by atoms with van der Waals surface area (Å²) in [6.07, 6.45) is 18.4. The van der Waals surface area contributed by atoms with Gasteiger partial charge in [-0.25, -0.2) is 4.98 Å². The van der Waals surface area contributed by atoms with Crippen molar-refractivity contribution in [3.63, 3.8) is 0 Å². The van der Waals surface area contributed by atoms with Crippen LogP contribution >= 0.6 is 0 Å². The van der Waals surface area contributed by atoms with Crippen molar-refractivity contribution in [2.75, 3.05) is 13.1 Å². The monoisotopic (exact) mass is 747 g/mol. The van der Waals surface area contributed by atoms with Crippen molar-refractivity contribution in [1.29, 1.82) is 0 Å². The third-order valence-corrected chi connectivity index (χ3v) is 12.6. The number of Topliss-reactive ketones (excluding diaryl/α,β-unsaturated/α-hetero) is 1. The quantitative estimate of drug-likeness (QED) is 0.145. The molecule has 3 saturated carbocycles. The highest BCUT2D eigenvalue weighted by Gasteiger charge is 2.50. The molecule has 13 nitrogen and oxygen atoms in total. The SMILES string of the molecule is C=CCNC(=O)C(=O)C(CC1CCC1)NC(=O)[C@@H]1[C@@H](C(C)C)CCN1C(=O)[C@@H](NC(=O)[C@@H](NC(=O)c1cnccn1)C1CCCCC1)C1(C)CCCCC1. The second kappa shape index (κ2) is 18.9. The number of likely N-dealkylation sites (tertiary alicyclic amines) is 1. The lowest BCUT2D eigenvalue weighted by molar-refractivity contribution is -0.147. The van der Waals surface area contributed by atoms with Gasteiger partial charge in [0, 0.05) is 25.5 Å². The smallest absolute Gasteiger partial charge is 0.289 e. The lowest BCUT2D eigenvalue weighted by Gasteiger charge is -2.43. The lowest BCUT2D eigenvalue weighted by Crippen LogP contribution is -2.63. The standard InChI is InChI=1S/C41H61N7O6/c1-5-20-44-39(53)34(49)30(24-27-13-12-14-27)45-38(52)33-29(26(2)3)17-23-48(33)40(54)35(41(4)18-10-7-11-19-41)47-37(51)32(28-15-8-6-9-16-28)46-36(50)31-25-42-21-22-43-31/h5,21-22,25-30,32-33,35H,1,6-20,23-24H2,2-4H3,(H,44,53)(H,45,52)(H,46,50)(H,47,51)/t29-,30?,32+,33+,35-/m1/s1. The predicted molar refractivity (Wildman–Crippen MR) is 204 cm³/mol. The van der Waals surface area contributed by atoms with Crippen molar-refractivity contribution >= 4 is 35.3 Å². The van der Waals surface area contributed by atoms with Crippen molar-refractivity contribution < 1.29 is 28.8 Å². The molecule has 296 valence electrons. The van der Waals surface area contributed by atoms with Crippen LogP contribution in [0.25, 0.3) is 0 Å². The third-order valence-electron chi connectivity index (χ3n) is 12.6. The highest BCUT2D eigenvalue weighted by molar-refractivity contribution is 6.38. The number of carbonyl (C=O) groups excluding carboxylic acids is 6. The van der Waals surface area contributed by atoms with E-state index in [0.717, 1.165) is 83.5 Å². The van der Waals surface area contributed by atoms with Gasteiger partial charge >= 0.3 is 0 Å². The zero-order valence-electron chi connectivity index (χ0n) is 32.4. The molecule has 1 unspecified atom stereocenters. The summed E-state index contributed by atoms with van der Waals surface area (Å²) >= 11 is 0. The largest absolute Gasteiger partial charge is 0.346 e. The van der Waals surface area contributed by atoms with Crippen LogP contribution in [0.1, 0.15) is 128 Å². The summed E-state index contributed by atoms with van der Waals surface area (Å²) in [5, 5.41) is 11.6. The Labute approximate surface area is 320 Å². The first-order valence-electron chi connectivity index (χ1n) is 20.3. The Hall–Kier alpha value is -4.16. The first-order chi connectivity index (χ1) is 25.9. The second-order valence-electron chi connectivity index (χ2n) is 16.7. The fraction of sp³-hybridized carbons (Fsp3) is 0.707. The van der Waals surface area contributed by atoms with Crippen LogP contribution in [0.5, 0.6) is 0 Å². The Morgan fingerprint density at radius 3 is 2.22 bits per heavy atom. The van der Waals surface area contributed by atoms with Crippen LogP contribution < -0.4 is 21.3 Å². The van der Waals surface area contributed by atoms with E-state index in [1.165, 1.54) is 24.7 Å². The Morgan fingerprint density at radius 1 is 0.907 bits per heavy atom. The Bertz CT molecular complexity index is 1500. The molecule has 5 amide bonds. The van der Waals surface area contributed by atoms with Crippen LogP contribution in [0.4, 0.5) is 0 Å². The summed E-state index contributed by atoms with van der Waals surface area (Å²) < 4.78 is 0. The molecule has 3 aliphatic carbocycles. The van der Waals surface area contributed by atoms with Crippen LogP contribution in [0.15, 0.2) is 31.2 Å². The summed E-state index contributed by atoms with van der Waals surface area (Å²) in [6.45, 7) is 10.1. The molecular weight excluding hydrogens is 686 g/mol. The number of aromatic nitrogens is 2. The molecule has 1 aromatic heterocycles. The molecule has 5 atom stereocenters. The maximum atomic E-state index is 15.1. The van der Waals surface area contributed by atoms with Gasteiger partial charge in [-0.15, -0.1) is 6.58 Å². The van der Waals surface area contributed by atoms with Crippen LogP contribution in [-0.2, 0) is 24.0 Å². The summed E-state index contributed by atoms with van der Waals surface area (Å²) in [7, 11) is 0. The number of rotatable bonds is 16. The predicted octanol–water partition coefficient (Wildman–Crippen LogP) is 4.03. The molecule has 0 bridgehead atoms. The maximum absolute atomic E-state index is 15.1. The van der Waals surface area contributed by atoms with E-state index in [2.05, 4.69) is 37.8 Å². The fourth-order valence-corrected chi connectivity index (χ4v) is 9.13. The van der Waals surface area contributed by atoms with Gasteiger partial charge in [0.1, 0.15) is 23.8 Å². The van der Waals surface area contributed by atoms with Gasteiger partial charge in [-0.2, -0.15) is 0 Å². The van der Waals surface area contributed by atoms with Crippen molar-refractivity contribution in [2.45, 2.75) is 141 Å². The molecule has 1 saturated heterocycles. The molecule has 4 fully saturated rings. The van der Waals surface area contributed by atoms with E-state index < -0.39 is 59.0 Å². The maximum Gasteiger partial charge on any atom is 0.289 e. The molecule has 4 N–H and O–H groups in total. The minimum Gasteiger partial charge on any atom is -0.346 e. The number of carbonyl (C=O) groups is 6. The van der Waals surface area contributed by atoms with Gasteiger partial charge in [0.2, 0.25) is 23.5 Å². The minimum absolute atomic E-state index is 0.0421. The van der Waals surface area contributed by atoms with Gasteiger partial charge in [-0.1, -0.05) is 84.6 Å². The molecule has 0 spiro atoms. The van der Waals surface area contributed by atoms with Gasteiger partial charge in [-0.3, -0.25) is 33.8 Å². The summed E-state index contributed by atoms with van der Waals surface area (Å²) in [6, 6.07) is -3.72. The molecule has 5 rings (SSSR count). The Morgan fingerprint density at radius 2 is 1.61 bits per heavy atom. The third kappa shape index (κ3) is 9.92. The molecule has 1 aromatic rings. The number of ketones is 1. The number of hydrogen-bond acceptors (Lipinski definition) is 8. The molecule has 2 heterocycles. The van der Waals surface area contributed by atoms with Crippen molar-refractivity contribution in [2.24, 2.45) is 29.1 Å². The molecule has 54 heavy (non-hydrogen) atoms. The number of nitrogens with zero attached hydrogens (tertiary/aromatic N) is 3. The molecule has 13 heteroatoms. The summed E-state index contributed by atoms with van der Waals surface area (Å²) in [5.41, 5.74) is -0.476. The fourth-order valence-electron chi connectivity index (χ4n) is 9.13. The summed E-state index contributed by atoms with van der Waals surface area (Å²) in [4.78, 5) is 93.4. The molecule has 0 radical (unpaired) electrons. The van der Waals surface area contributed by atoms with Gasteiger partial charge < -0.3 is 26.2 Å². The van der Waals surface area contributed by atoms with Crippen molar-refractivity contribution in [3.8, 4) is 0 Å². The van der Waals surface area contributed by atoms with E-state index in [1.807, 2.05) is 20.8 Å². The number of hydrogen-bond donors (Lipinski definition) is 4. The van der Waals surface area contributed by atoms with E-state index in [4.69, 9.17) is 0 Å². The van der Waals surface area contributed by atoms with Crippen LogP contribution in [-0.4, -0.2) is 87.4 Å². The zero-order valence-corrected chi connectivity index (χ0v) is 32.4. The summed E-state index contributed by atoms with van der Waals surface area (Å²) in [5.74, 6) is -3.21. The highest BCUT2D eigenvalue weighted by Crippen LogP contribution is 2.42. The average molecular weight is 748 g/mol. The van der Waals surface area contributed by atoms with Gasteiger partial charge in [0.25, 0.3) is 11.8 Å². The molecule has 0 aromatic carbocycles. The zero-order chi connectivity index (χ0) is 38.8. The Balaban J connectivity index is 1.42.